The summed E-state index contributed by atoms with van der Waals surface area (Å²) in [5, 5.41) is 0. The maximum absolute atomic E-state index is 12.8. The summed E-state index contributed by atoms with van der Waals surface area (Å²) in [6.07, 6.45) is 73.4. The molecule has 1 unspecified atom stereocenters. The number of carbonyl (C=O) groups is 2. The van der Waals surface area contributed by atoms with Crippen molar-refractivity contribution in [3.05, 3.63) is 72.9 Å². The first-order valence-corrected chi connectivity index (χ1v) is 28.5. The zero-order valence-corrected chi connectivity index (χ0v) is 44.0. The van der Waals surface area contributed by atoms with Crippen LogP contribution in [-0.4, -0.2) is 37.9 Å². The van der Waals surface area contributed by atoms with Crippen molar-refractivity contribution >= 4 is 11.9 Å². The quantitative estimate of drug-likeness (QED) is 0.0346. The molecular formula is C61H108O5. The molecule has 5 nitrogen and oxygen atoms in total. The lowest BCUT2D eigenvalue weighted by Crippen LogP contribution is -2.30. The summed E-state index contributed by atoms with van der Waals surface area (Å²) < 4.78 is 17.5. The number of rotatable bonds is 52. The number of ether oxygens (including phenoxy) is 3. The molecule has 0 amide bonds. The second-order valence-electron chi connectivity index (χ2n) is 18.8. The molecule has 0 aromatic rings. The summed E-state index contributed by atoms with van der Waals surface area (Å²) in [4.78, 5) is 25.5. The Morgan fingerprint density at radius 1 is 0.348 bits per heavy atom. The number of hydrogen-bond acceptors (Lipinski definition) is 5. The van der Waals surface area contributed by atoms with Crippen LogP contribution in [0.2, 0.25) is 0 Å². The van der Waals surface area contributed by atoms with E-state index in [1.165, 1.54) is 161 Å². The van der Waals surface area contributed by atoms with E-state index >= 15 is 0 Å². The molecule has 0 aliphatic heterocycles. The van der Waals surface area contributed by atoms with Gasteiger partial charge >= 0.3 is 11.9 Å². The fourth-order valence-corrected chi connectivity index (χ4v) is 8.00. The van der Waals surface area contributed by atoms with Gasteiger partial charge in [0.15, 0.2) is 6.10 Å². The molecule has 0 saturated carbocycles. The van der Waals surface area contributed by atoms with Gasteiger partial charge in [-0.3, -0.25) is 9.59 Å². The number of allylic oxidation sites excluding steroid dienone is 12. The molecule has 0 rings (SSSR count). The Bertz CT molecular complexity index is 1180. The van der Waals surface area contributed by atoms with Gasteiger partial charge < -0.3 is 14.2 Å². The fourth-order valence-electron chi connectivity index (χ4n) is 8.00. The third kappa shape index (κ3) is 54.0. The molecular weight excluding hydrogens is 813 g/mol. The number of unbranched alkanes of at least 4 members (excludes halogenated alkanes) is 29. The topological polar surface area (TPSA) is 61.8 Å². The maximum atomic E-state index is 12.8. The second-order valence-corrected chi connectivity index (χ2v) is 18.8. The van der Waals surface area contributed by atoms with Crippen molar-refractivity contribution in [2.24, 2.45) is 0 Å². The van der Waals surface area contributed by atoms with Crippen LogP contribution in [0.5, 0.6) is 0 Å². The highest BCUT2D eigenvalue weighted by Crippen LogP contribution is 2.15. The Labute approximate surface area is 410 Å². The van der Waals surface area contributed by atoms with Crippen LogP contribution in [0.3, 0.4) is 0 Å². The van der Waals surface area contributed by atoms with Crippen LogP contribution >= 0.6 is 0 Å². The van der Waals surface area contributed by atoms with Gasteiger partial charge in [-0.2, -0.15) is 0 Å². The molecule has 0 aromatic heterocycles. The highest BCUT2D eigenvalue weighted by Gasteiger charge is 2.17. The lowest BCUT2D eigenvalue weighted by atomic mass is 10.0. The van der Waals surface area contributed by atoms with Crippen molar-refractivity contribution in [1.82, 2.24) is 0 Å². The molecule has 0 heterocycles. The molecule has 0 radical (unpaired) electrons. The number of hydrogen-bond donors (Lipinski definition) is 0. The van der Waals surface area contributed by atoms with Crippen LogP contribution in [0.25, 0.3) is 0 Å². The first kappa shape index (κ1) is 63.3. The average Bonchev–Trinajstić information content (AvgIpc) is 3.32. The minimum absolute atomic E-state index is 0.0758. The van der Waals surface area contributed by atoms with E-state index in [9.17, 15) is 9.59 Å². The Morgan fingerprint density at radius 2 is 0.682 bits per heavy atom. The third-order valence-electron chi connectivity index (χ3n) is 12.2. The Kier molecular flexibility index (Phi) is 54.4. The van der Waals surface area contributed by atoms with Gasteiger partial charge in [0.05, 0.1) is 6.61 Å². The molecule has 0 N–H and O–H groups in total. The van der Waals surface area contributed by atoms with Crippen molar-refractivity contribution in [2.75, 3.05) is 19.8 Å². The van der Waals surface area contributed by atoms with Crippen LogP contribution in [0.1, 0.15) is 278 Å². The van der Waals surface area contributed by atoms with Gasteiger partial charge in [0.2, 0.25) is 0 Å². The zero-order valence-electron chi connectivity index (χ0n) is 44.0. The van der Waals surface area contributed by atoms with Crippen molar-refractivity contribution in [3.63, 3.8) is 0 Å². The maximum Gasteiger partial charge on any atom is 0.306 e. The van der Waals surface area contributed by atoms with Gasteiger partial charge in [-0.15, -0.1) is 0 Å². The number of esters is 2. The van der Waals surface area contributed by atoms with Crippen LogP contribution < -0.4 is 0 Å². The summed E-state index contributed by atoms with van der Waals surface area (Å²) in [5.74, 6) is -0.407. The summed E-state index contributed by atoms with van der Waals surface area (Å²) in [5.41, 5.74) is 0. The lowest BCUT2D eigenvalue weighted by Gasteiger charge is -2.18. The molecule has 0 fully saturated rings. The van der Waals surface area contributed by atoms with E-state index in [2.05, 4.69) is 93.7 Å². The monoisotopic (exact) mass is 921 g/mol. The lowest BCUT2D eigenvalue weighted by molar-refractivity contribution is -0.163. The smallest absolute Gasteiger partial charge is 0.306 e. The molecule has 0 aliphatic rings. The van der Waals surface area contributed by atoms with Crippen LogP contribution in [0, 0.1) is 0 Å². The van der Waals surface area contributed by atoms with Crippen molar-refractivity contribution in [1.29, 1.82) is 0 Å². The molecule has 66 heavy (non-hydrogen) atoms. The van der Waals surface area contributed by atoms with Gasteiger partial charge in [0.25, 0.3) is 0 Å². The Balaban J connectivity index is 4.28. The minimum Gasteiger partial charge on any atom is -0.462 e. The van der Waals surface area contributed by atoms with Crippen LogP contribution in [0.15, 0.2) is 72.9 Å². The van der Waals surface area contributed by atoms with E-state index in [1.54, 1.807) is 0 Å². The fraction of sp³-hybridized carbons (Fsp3) is 0.770. The molecule has 1 atom stereocenters. The first-order chi connectivity index (χ1) is 32.6. The molecule has 0 aromatic carbocycles. The van der Waals surface area contributed by atoms with Gasteiger partial charge in [0, 0.05) is 19.4 Å². The van der Waals surface area contributed by atoms with Gasteiger partial charge in [-0.05, 0) is 89.9 Å². The molecule has 5 heteroatoms. The largest absolute Gasteiger partial charge is 0.462 e. The summed E-state index contributed by atoms with van der Waals surface area (Å²) in [6.45, 7) is 7.69. The van der Waals surface area contributed by atoms with E-state index < -0.39 is 6.10 Å². The molecule has 0 bridgehead atoms. The molecule has 382 valence electrons. The van der Waals surface area contributed by atoms with Gasteiger partial charge in [-0.1, -0.05) is 248 Å². The normalized spacial score (nSPS) is 12.7. The third-order valence-corrected chi connectivity index (χ3v) is 12.2. The highest BCUT2D eigenvalue weighted by atomic mass is 16.6. The van der Waals surface area contributed by atoms with E-state index in [4.69, 9.17) is 14.2 Å². The summed E-state index contributed by atoms with van der Waals surface area (Å²) in [6, 6.07) is 0. The second kappa shape index (κ2) is 56.7. The van der Waals surface area contributed by atoms with Gasteiger partial charge in [-0.25, -0.2) is 0 Å². The highest BCUT2D eigenvalue weighted by molar-refractivity contribution is 5.70. The zero-order chi connectivity index (χ0) is 47.7. The van der Waals surface area contributed by atoms with Crippen molar-refractivity contribution in [3.8, 4) is 0 Å². The first-order valence-electron chi connectivity index (χ1n) is 28.5. The molecule has 0 saturated heterocycles. The van der Waals surface area contributed by atoms with Crippen molar-refractivity contribution < 1.29 is 23.8 Å². The Hall–Kier alpha value is -2.66. The predicted molar refractivity (Wildman–Crippen MR) is 288 cm³/mol. The summed E-state index contributed by atoms with van der Waals surface area (Å²) in [7, 11) is 0. The van der Waals surface area contributed by atoms with E-state index in [1.807, 2.05) is 0 Å². The van der Waals surface area contributed by atoms with Crippen LogP contribution in [0.4, 0.5) is 0 Å². The SMILES string of the molecule is CC/C=C\C/C=C\C/C=C\CCCCCCCCCCOCC(COC(=O)CCCCCCCC/C=C\C/C=C\C/C=C\CCCCC)OC(=O)CCCCCCCCCCCCCCC. The van der Waals surface area contributed by atoms with E-state index in [0.717, 1.165) is 83.5 Å². The minimum atomic E-state index is -0.546. The predicted octanol–water partition coefficient (Wildman–Crippen LogP) is 19.5. The number of carbonyl (C=O) groups excluding carboxylic acids is 2. The standard InChI is InChI=1S/C61H108O5/c1-4-7-10-13-16-19-22-25-27-29-31-32-34-37-39-42-45-48-51-54-60(62)65-58-59(66-61(63)55-52-49-46-43-40-36-24-21-18-15-12-9-6-3)57-64-56-53-50-47-44-41-38-35-33-30-28-26-23-20-17-14-11-8-5-2/h8,11,16-17,19-20,25-28,31-32,59H,4-7,9-10,12-15,18,21-24,29-30,33-58H2,1-3H3/b11-8-,19-16-,20-17-,27-25-,28-26-,32-31-. The Morgan fingerprint density at radius 3 is 1.12 bits per heavy atom. The van der Waals surface area contributed by atoms with E-state index in [-0.39, 0.29) is 25.2 Å². The molecule has 0 spiro atoms. The van der Waals surface area contributed by atoms with Gasteiger partial charge in [0.1, 0.15) is 6.61 Å². The average molecular weight is 922 g/mol. The molecule has 0 aliphatic carbocycles. The van der Waals surface area contributed by atoms with Crippen molar-refractivity contribution in [2.45, 2.75) is 284 Å². The van der Waals surface area contributed by atoms with Crippen LogP contribution in [-0.2, 0) is 23.8 Å². The summed E-state index contributed by atoms with van der Waals surface area (Å²) >= 11 is 0. The van der Waals surface area contributed by atoms with E-state index in [0.29, 0.717) is 19.4 Å².